The van der Waals surface area contributed by atoms with Gasteiger partial charge in [0.2, 0.25) is 0 Å². The van der Waals surface area contributed by atoms with Gasteiger partial charge in [-0.05, 0) is 55.3 Å². The van der Waals surface area contributed by atoms with Crippen molar-refractivity contribution in [2.24, 2.45) is 4.99 Å². The average molecular weight is 452 g/mol. The molecule has 0 radical (unpaired) electrons. The van der Waals surface area contributed by atoms with Crippen molar-refractivity contribution in [3.8, 4) is 0 Å². The van der Waals surface area contributed by atoms with E-state index >= 15 is 0 Å². The van der Waals surface area contributed by atoms with Crippen LogP contribution in [-0.4, -0.2) is 42.4 Å². The number of hydrogen-bond acceptors (Lipinski definition) is 4. The highest BCUT2D eigenvalue weighted by atomic mass is 35.5. The molecule has 152 valence electrons. The minimum atomic E-state index is -0.533. The third-order valence-corrected chi connectivity index (χ3v) is 5.93. The third kappa shape index (κ3) is 4.69. The summed E-state index contributed by atoms with van der Waals surface area (Å²) in [6.07, 6.45) is 3.39. The van der Waals surface area contributed by atoms with Gasteiger partial charge < -0.3 is 4.90 Å². The van der Waals surface area contributed by atoms with Gasteiger partial charge in [0.25, 0.3) is 5.91 Å². The van der Waals surface area contributed by atoms with Crippen molar-refractivity contribution in [1.29, 1.82) is 0 Å². The number of anilines is 1. The molecule has 1 saturated heterocycles. The highest BCUT2D eigenvalue weighted by Crippen LogP contribution is 2.29. The van der Waals surface area contributed by atoms with Gasteiger partial charge in [-0.2, -0.15) is 0 Å². The zero-order chi connectivity index (χ0) is 20.4. The number of hydrazine groups is 1. The minimum absolute atomic E-state index is 0.106. The first kappa shape index (κ1) is 20.5. The van der Waals surface area contributed by atoms with E-state index in [2.05, 4.69) is 5.43 Å². The van der Waals surface area contributed by atoms with Gasteiger partial charge in [0, 0.05) is 34.4 Å². The van der Waals surface area contributed by atoms with Crippen LogP contribution in [0.2, 0.25) is 15.1 Å². The lowest BCUT2D eigenvalue weighted by Gasteiger charge is -2.27. The molecule has 1 atom stereocenters. The second-order valence-electron chi connectivity index (χ2n) is 7.20. The van der Waals surface area contributed by atoms with E-state index in [1.807, 2.05) is 40.2 Å². The first-order chi connectivity index (χ1) is 14.0. The Kier molecular flexibility index (Phi) is 6.30. The minimum Gasteiger partial charge on any atom is -0.323 e. The standard InChI is InChI=1S/C21H21Cl3N4O/c22-14-4-7-16(8-5-14)28-13-19(21(29)26-27-10-2-1-3-11-27)25-20(28)17-9-6-15(23)12-18(17)24/h4-9,12,19H,1-3,10-11,13H2,(H,26,29). The van der Waals surface area contributed by atoms with Crippen molar-refractivity contribution < 1.29 is 4.79 Å². The number of nitrogens with one attached hydrogen (secondary N) is 1. The van der Waals surface area contributed by atoms with Gasteiger partial charge in [-0.15, -0.1) is 0 Å². The van der Waals surface area contributed by atoms with Crippen LogP contribution in [0.15, 0.2) is 47.5 Å². The molecule has 2 heterocycles. The van der Waals surface area contributed by atoms with E-state index in [4.69, 9.17) is 39.8 Å². The number of carbonyl (C=O) groups is 1. The molecule has 1 amide bonds. The summed E-state index contributed by atoms with van der Waals surface area (Å²) in [6.45, 7) is 2.17. The summed E-state index contributed by atoms with van der Waals surface area (Å²) in [5.41, 5.74) is 4.65. The second-order valence-corrected chi connectivity index (χ2v) is 8.48. The summed E-state index contributed by atoms with van der Waals surface area (Å²) in [4.78, 5) is 19.6. The maximum absolute atomic E-state index is 12.9. The van der Waals surface area contributed by atoms with E-state index in [9.17, 15) is 4.79 Å². The molecule has 0 saturated carbocycles. The largest absolute Gasteiger partial charge is 0.323 e. The van der Waals surface area contributed by atoms with Crippen molar-refractivity contribution in [1.82, 2.24) is 10.4 Å². The Labute approximate surface area is 185 Å². The predicted molar refractivity (Wildman–Crippen MR) is 119 cm³/mol. The van der Waals surface area contributed by atoms with Crippen molar-refractivity contribution in [2.75, 3.05) is 24.5 Å². The fraction of sp³-hybridized carbons (Fsp3) is 0.333. The van der Waals surface area contributed by atoms with Gasteiger partial charge in [-0.3, -0.25) is 15.2 Å². The topological polar surface area (TPSA) is 47.9 Å². The fourth-order valence-corrected chi connectivity index (χ4v) is 4.25. The van der Waals surface area contributed by atoms with Gasteiger partial charge in [0.05, 0.1) is 11.6 Å². The van der Waals surface area contributed by atoms with Gasteiger partial charge in [-0.25, -0.2) is 5.01 Å². The van der Waals surface area contributed by atoms with E-state index in [1.165, 1.54) is 6.42 Å². The normalized spacial score (nSPS) is 19.9. The number of benzene rings is 2. The van der Waals surface area contributed by atoms with E-state index in [0.717, 1.165) is 37.2 Å². The molecular formula is C21H21Cl3N4O. The van der Waals surface area contributed by atoms with Crippen LogP contribution in [0.3, 0.4) is 0 Å². The lowest BCUT2D eigenvalue weighted by molar-refractivity contribution is -0.127. The van der Waals surface area contributed by atoms with Gasteiger partial charge in [-0.1, -0.05) is 41.2 Å². The number of hydrogen-bond donors (Lipinski definition) is 1. The third-order valence-electron chi connectivity index (χ3n) is 5.13. The number of amides is 1. The quantitative estimate of drug-likeness (QED) is 0.726. The molecule has 2 aliphatic rings. The summed E-state index contributed by atoms with van der Waals surface area (Å²) in [7, 11) is 0. The molecule has 1 fully saturated rings. The molecule has 0 aromatic heterocycles. The SMILES string of the molecule is O=C(NN1CCCCC1)C1CN(c2ccc(Cl)cc2)C(c2ccc(Cl)cc2Cl)=N1. The lowest BCUT2D eigenvalue weighted by atomic mass is 10.1. The van der Waals surface area contributed by atoms with Gasteiger partial charge >= 0.3 is 0 Å². The first-order valence-corrected chi connectivity index (χ1v) is 10.8. The molecule has 8 heteroatoms. The molecule has 0 spiro atoms. The molecule has 0 bridgehead atoms. The molecule has 2 aliphatic heterocycles. The maximum atomic E-state index is 12.9. The Morgan fingerprint density at radius 1 is 0.966 bits per heavy atom. The summed E-state index contributed by atoms with van der Waals surface area (Å²) < 4.78 is 0. The van der Waals surface area contributed by atoms with Crippen LogP contribution in [0, 0.1) is 0 Å². The van der Waals surface area contributed by atoms with Crippen molar-refractivity contribution in [3.63, 3.8) is 0 Å². The Balaban J connectivity index is 1.63. The summed E-state index contributed by atoms with van der Waals surface area (Å²) in [5.74, 6) is 0.540. The monoisotopic (exact) mass is 450 g/mol. The lowest BCUT2D eigenvalue weighted by Crippen LogP contribution is -2.49. The number of halogens is 3. The Bertz CT molecular complexity index is 926. The van der Waals surface area contributed by atoms with Crippen molar-refractivity contribution in [2.45, 2.75) is 25.3 Å². The number of amidine groups is 1. The summed E-state index contributed by atoms with van der Waals surface area (Å²) >= 11 is 18.6. The zero-order valence-electron chi connectivity index (χ0n) is 15.7. The van der Waals surface area contributed by atoms with Crippen LogP contribution in [-0.2, 0) is 4.79 Å². The number of aliphatic imine (C=N–C) groups is 1. The molecule has 2 aromatic rings. The highest BCUT2D eigenvalue weighted by molar-refractivity contribution is 6.37. The molecule has 0 aliphatic carbocycles. The van der Waals surface area contributed by atoms with E-state index in [-0.39, 0.29) is 5.91 Å². The molecule has 1 N–H and O–H groups in total. The van der Waals surface area contributed by atoms with E-state index in [0.29, 0.717) is 27.4 Å². The summed E-state index contributed by atoms with van der Waals surface area (Å²) in [6, 6.07) is 12.2. The van der Waals surface area contributed by atoms with Crippen LogP contribution < -0.4 is 10.3 Å². The molecule has 4 rings (SSSR count). The predicted octanol–water partition coefficient (Wildman–Crippen LogP) is 4.80. The van der Waals surface area contributed by atoms with Crippen LogP contribution in [0.4, 0.5) is 5.69 Å². The molecule has 29 heavy (non-hydrogen) atoms. The second kappa shape index (κ2) is 8.92. The van der Waals surface area contributed by atoms with Crippen LogP contribution in [0.1, 0.15) is 24.8 Å². The van der Waals surface area contributed by atoms with E-state index < -0.39 is 6.04 Å². The van der Waals surface area contributed by atoms with Crippen LogP contribution in [0.25, 0.3) is 0 Å². The van der Waals surface area contributed by atoms with E-state index in [1.54, 1.807) is 12.1 Å². The Morgan fingerprint density at radius 3 is 2.34 bits per heavy atom. The zero-order valence-corrected chi connectivity index (χ0v) is 18.0. The highest BCUT2D eigenvalue weighted by Gasteiger charge is 2.33. The number of piperidine rings is 1. The van der Waals surface area contributed by atoms with Gasteiger partial charge in [0.1, 0.15) is 11.9 Å². The average Bonchev–Trinajstić information content (AvgIpc) is 3.14. The van der Waals surface area contributed by atoms with Crippen molar-refractivity contribution >= 4 is 52.2 Å². The number of nitrogens with zero attached hydrogens (tertiary/aromatic N) is 3. The summed E-state index contributed by atoms with van der Waals surface area (Å²) in [5, 5.41) is 3.68. The molecular weight excluding hydrogens is 431 g/mol. The molecule has 2 aromatic carbocycles. The molecule has 1 unspecified atom stereocenters. The Hall–Kier alpha value is -1.79. The molecule has 5 nitrogen and oxygen atoms in total. The first-order valence-electron chi connectivity index (χ1n) is 9.63. The number of carbonyl (C=O) groups excluding carboxylic acids is 1. The fourth-order valence-electron chi connectivity index (χ4n) is 3.63. The van der Waals surface area contributed by atoms with Crippen LogP contribution >= 0.6 is 34.8 Å². The van der Waals surface area contributed by atoms with Crippen LogP contribution in [0.5, 0.6) is 0 Å². The van der Waals surface area contributed by atoms with Gasteiger partial charge in [0.15, 0.2) is 0 Å². The number of rotatable bonds is 4. The maximum Gasteiger partial charge on any atom is 0.261 e. The Morgan fingerprint density at radius 2 is 1.66 bits per heavy atom. The smallest absolute Gasteiger partial charge is 0.261 e. The van der Waals surface area contributed by atoms with Crippen molar-refractivity contribution in [3.05, 3.63) is 63.1 Å².